The molecule has 3 heterocycles. The van der Waals surface area contributed by atoms with Crippen LogP contribution in [0.5, 0.6) is 11.5 Å². The van der Waals surface area contributed by atoms with E-state index in [-0.39, 0.29) is 12.5 Å². The Hall–Kier alpha value is -2.54. The lowest BCUT2D eigenvalue weighted by Gasteiger charge is -2.18. The van der Waals surface area contributed by atoms with E-state index in [1.807, 2.05) is 30.3 Å². The summed E-state index contributed by atoms with van der Waals surface area (Å²) < 4.78 is 14.5. The molecule has 0 spiro atoms. The molecule has 2 aromatic carbocycles. The van der Waals surface area contributed by atoms with Crippen LogP contribution in [0.25, 0.3) is 22.4 Å². The molecule has 1 N–H and O–H groups in total. The zero-order valence-corrected chi connectivity index (χ0v) is 14.8. The lowest BCUT2D eigenvalue weighted by molar-refractivity contribution is -0.118. The van der Waals surface area contributed by atoms with Gasteiger partial charge in [0.1, 0.15) is 22.8 Å². The molecular formula is C18H14BrN3O3. The highest BCUT2D eigenvalue weighted by atomic mass is 79.9. The minimum absolute atomic E-state index is 0.0551. The summed E-state index contributed by atoms with van der Waals surface area (Å²) in [6.45, 7) is 1.57. The molecule has 6 nitrogen and oxygen atoms in total. The van der Waals surface area contributed by atoms with E-state index in [1.54, 1.807) is 0 Å². The topological polar surface area (TPSA) is 65.4 Å². The average Bonchev–Trinajstić information content (AvgIpc) is 2.82. The zero-order chi connectivity index (χ0) is 17.0. The Morgan fingerprint density at radius 2 is 2.08 bits per heavy atom. The Bertz CT molecular complexity index is 1030. The van der Waals surface area contributed by atoms with Gasteiger partial charge in [-0.2, -0.15) is 0 Å². The van der Waals surface area contributed by atoms with Gasteiger partial charge in [-0.15, -0.1) is 0 Å². The van der Waals surface area contributed by atoms with Crippen molar-refractivity contribution in [2.24, 2.45) is 0 Å². The van der Waals surface area contributed by atoms with E-state index in [4.69, 9.17) is 14.5 Å². The number of nitrogens with zero attached hydrogens (tertiary/aromatic N) is 2. The highest BCUT2D eigenvalue weighted by molar-refractivity contribution is 9.10. The molecule has 0 fully saturated rings. The quantitative estimate of drug-likeness (QED) is 0.678. The van der Waals surface area contributed by atoms with Gasteiger partial charge in [-0.05, 0) is 36.8 Å². The highest BCUT2D eigenvalue weighted by Crippen LogP contribution is 2.38. The number of halogens is 1. The van der Waals surface area contributed by atoms with Crippen LogP contribution in [-0.4, -0.2) is 28.7 Å². The Labute approximate surface area is 151 Å². The molecule has 0 saturated heterocycles. The maximum atomic E-state index is 11.6. The summed E-state index contributed by atoms with van der Waals surface area (Å²) in [7, 11) is 0. The third kappa shape index (κ3) is 2.38. The van der Waals surface area contributed by atoms with E-state index in [0.29, 0.717) is 18.0 Å². The van der Waals surface area contributed by atoms with Gasteiger partial charge in [-0.1, -0.05) is 15.9 Å². The van der Waals surface area contributed by atoms with Crippen LogP contribution in [0.1, 0.15) is 6.42 Å². The van der Waals surface area contributed by atoms with Crippen LogP contribution in [0.4, 0.5) is 5.69 Å². The molecule has 0 atom stereocenters. The molecule has 7 heteroatoms. The molecule has 1 amide bonds. The molecule has 2 aliphatic heterocycles. The van der Waals surface area contributed by atoms with Gasteiger partial charge in [0.15, 0.2) is 6.61 Å². The van der Waals surface area contributed by atoms with Gasteiger partial charge in [0, 0.05) is 16.6 Å². The standard InChI is InChI=1S/C18H14BrN3O3/c19-11-7-13-17-15(8-11)24-5-1-4-22(17)18(21-13)10-2-3-14-12(6-10)20-16(23)9-25-14/h2-3,6-8H,1,4-5,9H2,(H,20,23). The molecule has 0 aliphatic carbocycles. The van der Waals surface area contributed by atoms with Gasteiger partial charge in [-0.3, -0.25) is 4.79 Å². The Balaban J connectivity index is 1.72. The monoisotopic (exact) mass is 399 g/mol. The number of hydrogen-bond donors (Lipinski definition) is 1. The van der Waals surface area contributed by atoms with Crippen LogP contribution in [0, 0.1) is 0 Å². The first-order valence-corrected chi connectivity index (χ1v) is 8.88. The number of aryl methyl sites for hydroxylation is 1. The number of rotatable bonds is 1. The number of fused-ring (bicyclic) bond motifs is 1. The van der Waals surface area contributed by atoms with Crippen molar-refractivity contribution in [3.05, 3.63) is 34.8 Å². The predicted molar refractivity (Wildman–Crippen MR) is 97.1 cm³/mol. The second kappa shape index (κ2) is 5.49. The maximum Gasteiger partial charge on any atom is 0.262 e. The zero-order valence-electron chi connectivity index (χ0n) is 13.2. The number of nitrogens with one attached hydrogen (secondary N) is 1. The Kier molecular flexibility index (Phi) is 3.24. The van der Waals surface area contributed by atoms with Crippen LogP contribution < -0.4 is 14.8 Å². The SMILES string of the molecule is O=C1COc2ccc(-c3nc4cc(Br)cc5c4n3CCCO5)cc2N1. The van der Waals surface area contributed by atoms with Crippen LogP contribution in [-0.2, 0) is 11.3 Å². The Morgan fingerprint density at radius 1 is 1.16 bits per heavy atom. The minimum Gasteiger partial charge on any atom is -0.491 e. The first-order chi connectivity index (χ1) is 12.2. The van der Waals surface area contributed by atoms with Gasteiger partial charge < -0.3 is 19.4 Å². The lowest BCUT2D eigenvalue weighted by atomic mass is 10.1. The summed E-state index contributed by atoms with van der Waals surface area (Å²) in [5.41, 5.74) is 3.51. The summed E-state index contributed by atoms with van der Waals surface area (Å²) in [4.78, 5) is 16.4. The molecule has 1 aromatic heterocycles. The van der Waals surface area contributed by atoms with Gasteiger partial charge in [-0.25, -0.2) is 4.98 Å². The molecule has 0 unspecified atom stereocenters. The number of imidazole rings is 1. The van der Waals surface area contributed by atoms with Crippen molar-refractivity contribution in [3.8, 4) is 22.9 Å². The first kappa shape index (κ1) is 14.8. The van der Waals surface area contributed by atoms with Gasteiger partial charge in [0.2, 0.25) is 0 Å². The molecule has 2 aliphatic rings. The van der Waals surface area contributed by atoms with Crippen LogP contribution in [0.2, 0.25) is 0 Å². The van der Waals surface area contributed by atoms with Crippen molar-refractivity contribution < 1.29 is 14.3 Å². The van der Waals surface area contributed by atoms with Crippen molar-refractivity contribution in [1.29, 1.82) is 0 Å². The van der Waals surface area contributed by atoms with Crippen LogP contribution in [0.3, 0.4) is 0 Å². The van der Waals surface area contributed by atoms with E-state index in [1.165, 1.54) is 0 Å². The molecule has 126 valence electrons. The van der Waals surface area contributed by atoms with Gasteiger partial charge in [0.05, 0.1) is 17.8 Å². The average molecular weight is 400 g/mol. The molecule has 3 aromatic rings. The molecular weight excluding hydrogens is 386 g/mol. The summed E-state index contributed by atoms with van der Waals surface area (Å²) >= 11 is 3.53. The molecule has 0 bridgehead atoms. The maximum absolute atomic E-state index is 11.6. The minimum atomic E-state index is -0.143. The number of hydrogen-bond acceptors (Lipinski definition) is 4. The second-order valence-electron chi connectivity index (χ2n) is 6.11. The first-order valence-electron chi connectivity index (χ1n) is 8.09. The lowest BCUT2D eigenvalue weighted by Crippen LogP contribution is -2.25. The van der Waals surface area contributed by atoms with Gasteiger partial charge >= 0.3 is 0 Å². The summed E-state index contributed by atoms with van der Waals surface area (Å²) in [5.74, 6) is 2.25. The van der Waals surface area contributed by atoms with E-state index < -0.39 is 0 Å². The van der Waals surface area contributed by atoms with E-state index >= 15 is 0 Å². The van der Waals surface area contributed by atoms with Crippen molar-refractivity contribution in [2.45, 2.75) is 13.0 Å². The van der Waals surface area contributed by atoms with Crippen molar-refractivity contribution in [1.82, 2.24) is 9.55 Å². The van der Waals surface area contributed by atoms with Gasteiger partial charge in [0.25, 0.3) is 5.91 Å². The molecule has 25 heavy (non-hydrogen) atoms. The largest absolute Gasteiger partial charge is 0.491 e. The predicted octanol–water partition coefficient (Wildman–Crippen LogP) is 3.58. The third-order valence-corrected chi connectivity index (χ3v) is 4.88. The fourth-order valence-electron chi connectivity index (χ4n) is 3.37. The van der Waals surface area contributed by atoms with E-state index in [0.717, 1.165) is 45.6 Å². The Morgan fingerprint density at radius 3 is 3.00 bits per heavy atom. The van der Waals surface area contributed by atoms with Crippen LogP contribution in [0.15, 0.2) is 34.8 Å². The number of ether oxygens (including phenoxy) is 2. The van der Waals surface area contributed by atoms with Crippen molar-refractivity contribution in [2.75, 3.05) is 18.5 Å². The van der Waals surface area contributed by atoms with E-state index in [2.05, 4.69) is 25.8 Å². The number of carbonyl (C=O) groups is 1. The third-order valence-electron chi connectivity index (χ3n) is 4.43. The number of anilines is 1. The highest BCUT2D eigenvalue weighted by Gasteiger charge is 2.22. The summed E-state index contributed by atoms with van der Waals surface area (Å²) in [6.07, 6.45) is 0.912. The van der Waals surface area contributed by atoms with Crippen molar-refractivity contribution in [3.63, 3.8) is 0 Å². The van der Waals surface area contributed by atoms with Crippen LogP contribution >= 0.6 is 15.9 Å². The number of benzene rings is 2. The molecule has 0 saturated carbocycles. The summed E-state index contributed by atoms with van der Waals surface area (Å²) in [6, 6.07) is 9.74. The fourth-order valence-corrected chi connectivity index (χ4v) is 3.80. The van der Waals surface area contributed by atoms with Crippen molar-refractivity contribution >= 4 is 38.6 Å². The van der Waals surface area contributed by atoms with E-state index in [9.17, 15) is 4.79 Å². The normalized spacial score (nSPS) is 15.8. The molecule has 0 radical (unpaired) electrons. The molecule has 5 rings (SSSR count). The second-order valence-corrected chi connectivity index (χ2v) is 7.02. The number of carbonyl (C=O) groups excluding carboxylic acids is 1. The smallest absolute Gasteiger partial charge is 0.262 e. The number of amides is 1. The number of aromatic nitrogens is 2. The fraction of sp³-hybridized carbons (Fsp3) is 0.222. The summed E-state index contributed by atoms with van der Waals surface area (Å²) in [5, 5.41) is 2.85.